The summed E-state index contributed by atoms with van der Waals surface area (Å²) in [6, 6.07) is 5.11. The van der Waals surface area contributed by atoms with Crippen molar-refractivity contribution in [3.63, 3.8) is 0 Å². The Morgan fingerprint density at radius 3 is 2.10 bits per heavy atom. The van der Waals surface area contributed by atoms with E-state index in [9.17, 15) is 35.1 Å². The van der Waals surface area contributed by atoms with Crippen LogP contribution in [0.3, 0.4) is 0 Å². The highest BCUT2D eigenvalue weighted by atomic mass is 16.7. The lowest BCUT2D eigenvalue weighted by Gasteiger charge is -2.39. The van der Waals surface area contributed by atoms with Crippen molar-refractivity contribution in [1.29, 1.82) is 0 Å². The number of ether oxygens (including phenoxy) is 2. The third-order valence-corrected chi connectivity index (χ3v) is 5.36. The molecule has 0 spiro atoms. The Morgan fingerprint density at radius 1 is 0.833 bits per heavy atom. The predicted octanol–water partition coefficient (Wildman–Crippen LogP) is 0.388. The van der Waals surface area contributed by atoms with Crippen molar-refractivity contribution < 1.29 is 44.6 Å². The van der Waals surface area contributed by atoms with E-state index in [4.69, 9.17) is 9.47 Å². The Kier molecular flexibility index (Phi) is 4.78. The molecule has 0 bridgehead atoms. The summed E-state index contributed by atoms with van der Waals surface area (Å²) in [5.74, 6) is -2.29. The number of hydrogen-bond donors (Lipinski definition) is 5. The molecule has 1 aliphatic carbocycles. The Balaban J connectivity index is 1.73. The summed E-state index contributed by atoms with van der Waals surface area (Å²) in [6.07, 6.45) is -6.66. The zero-order valence-corrected chi connectivity index (χ0v) is 16.1. The molecule has 158 valence electrons. The van der Waals surface area contributed by atoms with Gasteiger partial charge >= 0.3 is 0 Å². The number of phenolic OH excluding ortho intramolecular Hbond substituents is 2. The van der Waals surface area contributed by atoms with Crippen LogP contribution in [-0.4, -0.2) is 67.8 Å². The largest absolute Gasteiger partial charge is 0.507 e. The Bertz CT molecular complexity index is 1060. The molecule has 30 heavy (non-hydrogen) atoms. The van der Waals surface area contributed by atoms with Crippen LogP contribution < -0.4 is 4.74 Å². The maximum absolute atomic E-state index is 13.0. The van der Waals surface area contributed by atoms with Crippen LogP contribution in [0.1, 0.15) is 44.3 Å². The Morgan fingerprint density at radius 2 is 1.43 bits per heavy atom. The second-order valence-electron chi connectivity index (χ2n) is 7.53. The van der Waals surface area contributed by atoms with Gasteiger partial charge in [-0.25, -0.2) is 0 Å². The lowest BCUT2D eigenvalue weighted by Crippen LogP contribution is -2.58. The molecule has 5 N–H and O–H groups in total. The maximum atomic E-state index is 13.0. The van der Waals surface area contributed by atoms with Gasteiger partial charge in [0.15, 0.2) is 5.78 Å². The summed E-state index contributed by atoms with van der Waals surface area (Å²) >= 11 is 0. The average Bonchev–Trinajstić information content (AvgIpc) is 2.67. The molecule has 9 nitrogen and oxygen atoms in total. The first-order chi connectivity index (χ1) is 14.1. The van der Waals surface area contributed by atoms with Crippen molar-refractivity contribution in [1.82, 2.24) is 0 Å². The lowest BCUT2D eigenvalue weighted by molar-refractivity contribution is -0.268. The van der Waals surface area contributed by atoms with Crippen LogP contribution in [0.5, 0.6) is 17.2 Å². The summed E-state index contributed by atoms with van der Waals surface area (Å²) in [6.45, 7) is 3.14. The molecule has 0 radical (unpaired) electrons. The van der Waals surface area contributed by atoms with Crippen LogP contribution in [0.25, 0.3) is 0 Å². The van der Waals surface area contributed by atoms with E-state index in [1.54, 1.807) is 6.92 Å². The van der Waals surface area contributed by atoms with Crippen molar-refractivity contribution in [2.75, 3.05) is 0 Å². The maximum Gasteiger partial charge on any atom is 0.229 e. The monoisotopic (exact) mass is 416 g/mol. The molecule has 0 amide bonds. The van der Waals surface area contributed by atoms with Gasteiger partial charge in [-0.2, -0.15) is 0 Å². The second kappa shape index (κ2) is 7.06. The molecule has 2 aromatic carbocycles. The van der Waals surface area contributed by atoms with E-state index >= 15 is 0 Å². The minimum Gasteiger partial charge on any atom is -0.507 e. The number of carbonyl (C=O) groups is 2. The van der Waals surface area contributed by atoms with E-state index in [1.807, 2.05) is 0 Å². The third kappa shape index (κ3) is 3.03. The number of aryl methyl sites for hydroxylation is 1. The molecule has 1 fully saturated rings. The van der Waals surface area contributed by atoms with E-state index in [1.165, 1.54) is 25.1 Å². The summed E-state index contributed by atoms with van der Waals surface area (Å²) in [4.78, 5) is 25.8. The first-order valence-corrected chi connectivity index (χ1v) is 9.26. The molecular weight excluding hydrogens is 396 g/mol. The highest BCUT2D eigenvalue weighted by Gasteiger charge is 2.43. The van der Waals surface area contributed by atoms with Crippen LogP contribution in [0.2, 0.25) is 0 Å². The number of rotatable bonds is 2. The molecular formula is C21H20O9. The quantitative estimate of drug-likeness (QED) is 0.399. The molecule has 4 rings (SSSR count). The van der Waals surface area contributed by atoms with E-state index in [-0.39, 0.29) is 33.8 Å². The Labute approximate surface area is 170 Å². The van der Waals surface area contributed by atoms with Crippen LogP contribution in [0, 0.1) is 6.92 Å². The standard InChI is InChI=1S/C21H20O9/c1-7-3-10-14(12(22)4-7)18(26)15-11(17(10)25)5-9(6-13(15)23)30-21-20(28)19(27)16(24)8(2)29-21/h3-6,8,16,19-24,27-28H,1-2H3/t8-,16-,19+,20+,21+/m1/s1. The molecule has 1 heterocycles. The SMILES string of the molecule is Cc1cc(O)c2c(c1)C(=O)c1cc(O[C@@H]3O[C@H](C)[C@@H](O)[C@H](O)[C@@H]3O)cc(O)c1C2=O. The van der Waals surface area contributed by atoms with Crippen molar-refractivity contribution in [3.8, 4) is 17.2 Å². The zero-order valence-electron chi connectivity index (χ0n) is 16.1. The molecule has 0 aromatic heterocycles. The van der Waals surface area contributed by atoms with Gasteiger partial charge in [-0.3, -0.25) is 9.59 Å². The van der Waals surface area contributed by atoms with Gasteiger partial charge in [-0.05, 0) is 37.6 Å². The number of ketones is 2. The van der Waals surface area contributed by atoms with Gasteiger partial charge in [0.1, 0.15) is 35.6 Å². The van der Waals surface area contributed by atoms with Crippen molar-refractivity contribution in [3.05, 3.63) is 52.1 Å². The lowest BCUT2D eigenvalue weighted by atomic mass is 9.82. The van der Waals surface area contributed by atoms with E-state index in [2.05, 4.69) is 0 Å². The number of aliphatic hydroxyl groups is 3. The van der Waals surface area contributed by atoms with Crippen LogP contribution in [0.15, 0.2) is 24.3 Å². The van der Waals surface area contributed by atoms with Gasteiger partial charge in [0.25, 0.3) is 0 Å². The molecule has 0 unspecified atom stereocenters. The van der Waals surface area contributed by atoms with Gasteiger partial charge in [-0.1, -0.05) is 0 Å². The van der Waals surface area contributed by atoms with Crippen LogP contribution in [-0.2, 0) is 4.74 Å². The molecule has 1 aliphatic heterocycles. The summed E-state index contributed by atoms with van der Waals surface area (Å²) in [5.41, 5.74) is -0.00573. The Hall–Kier alpha value is -2.98. The van der Waals surface area contributed by atoms with Gasteiger partial charge in [0, 0.05) is 17.2 Å². The zero-order chi connectivity index (χ0) is 21.9. The highest BCUT2D eigenvalue weighted by molar-refractivity contribution is 6.30. The molecule has 2 aromatic rings. The van der Waals surface area contributed by atoms with Crippen molar-refractivity contribution in [2.45, 2.75) is 44.6 Å². The fraction of sp³-hybridized carbons (Fsp3) is 0.333. The molecule has 9 heteroatoms. The van der Waals surface area contributed by atoms with E-state index in [0.29, 0.717) is 5.56 Å². The van der Waals surface area contributed by atoms with Gasteiger partial charge in [0.05, 0.1) is 17.2 Å². The number of aromatic hydroxyl groups is 2. The second-order valence-corrected chi connectivity index (χ2v) is 7.53. The normalized spacial score (nSPS) is 28.1. The smallest absolute Gasteiger partial charge is 0.229 e. The number of benzene rings is 2. The number of carbonyl (C=O) groups excluding carboxylic acids is 2. The van der Waals surface area contributed by atoms with Crippen molar-refractivity contribution in [2.24, 2.45) is 0 Å². The number of fused-ring (bicyclic) bond motifs is 2. The molecule has 2 aliphatic rings. The fourth-order valence-electron chi connectivity index (χ4n) is 3.79. The first kappa shape index (κ1) is 20.3. The summed E-state index contributed by atoms with van der Waals surface area (Å²) in [5, 5.41) is 50.4. The molecule has 1 saturated heterocycles. The van der Waals surface area contributed by atoms with E-state index in [0.717, 1.165) is 6.07 Å². The highest BCUT2D eigenvalue weighted by Crippen LogP contribution is 2.40. The van der Waals surface area contributed by atoms with Crippen LogP contribution in [0.4, 0.5) is 0 Å². The van der Waals surface area contributed by atoms with Crippen LogP contribution >= 0.6 is 0 Å². The average molecular weight is 416 g/mol. The molecule has 5 atom stereocenters. The fourth-order valence-corrected chi connectivity index (χ4v) is 3.79. The number of hydrogen-bond acceptors (Lipinski definition) is 9. The van der Waals surface area contributed by atoms with Gasteiger partial charge < -0.3 is 35.0 Å². The first-order valence-electron chi connectivity index (χ1n) is 9.26. The summed E-state index contributed by atoms with van der Waals surface area (Å²) in [7, 11) is 0. The van der Waals surface area contributed by atoms with E-state index < -0.39 is 48.0 Å². The number of phenols is 2. The third-order valence-electron chi connectivity index (χ3n) is 5.36. The predicted molar refractivity (Wildman–Crippen MR) is 101 cm³/mol. The minimum atomic E-state index is -1.59. The summed E-state index contributed by atoms with van der Waals surface area (Å²) < 4.78 is 10.9. The molecule has 0 saturated carbocycles. The topological polar surface area (TPSA) is 154 Å². The van der Waals surface area contributed by atoms with Gasteiger partial charge in [-0.15, -0.1) is 0 Å². The van der Waals surface area contributed by atoms with Crippen molar-refractivity contribution >= 4 is 11.6 Å². The number of aliphatic hydroxyl groups excluding tert-OH is 3. The minimum absolute atomic E-state index is 0.00247. The van der Waals surface area contributed by atoms with Gasteiger partial charge in [0.2, 0.25) is 12.1 Å².